The van der Waals surface area contributed by atoms with E-state index in [1.165, 1.54) is 22.3 Å². The molecule has 1 nitrogen and oxygen atoms in total. The van der Waals surface area contributed by atoms with Crippen LogP contribution < -0.4 is 0 Å². The molecule has 0 N–H and O–H groups in total. The zero-order valence-corrected chi connectivity index (χ0v) is 14.2. The molecule has 0 spiro atoms. The van der Waals surface area contributed by atoms with Gasteiger partial charge in [-0.25, -0.2) is 0 Å². The summed E-state index contributed by atoms with van der Waals surface area (Å²) in [6.07, 6.45) is 0. The zero-order valence-electron chi connectivity index (χ0n) is 14.2. The molecule has 1 aromatic carbocycles. The lowest BCUT2D eigenvalue weighted by Gasteiger charge is -2.04. The van der Waals surface area contributed by atoms with Gasteiger partial charge >= 0.3 is 0 Å². The Morgan fingerprint density at radius 1 is 0.870 bits per heavy atom. The smallest absolute Gasteiger partial charge is 0.193 e. The predicted molar refractivity (Wildman–Crippen MR) is 96.5 cm³/mol. The van der Waals surface area contributed by atoms with E-state index < -0.39 is 0 Å². The third-order valence-electron chi connectivity index (χ3n) is 4.60. The van der Waals surface area contributed by atoms with Gasteiger partial charge in [0.05, 0.1) is 0 Å². The van der Waals surface area contributed by atoms with E-state index in [0.717, 1.165) is 16.7 Å². The van der Waals surface area contributed by atoms with Crippen molar-refractivity contribution in [2.75, 3.05) is 0 Å². The lowest BCUT2D eigenvalue weighted by molar-refractivity contribution is 0.103. The average molecular weight is 302 g/mol. The summed E-state index contributed by atoms with van der Waals surface area (Å²) < 4.78 is 0. The van der Waals surface area contributed by atoms with Crippen LogP contribution in [0.1, 0.15) is 52.4 Å². The van der Waals surface area contributed by atoms with Gasteiger partial charge in [-0.15, -0.1) is 0 Å². The fourth-order valence-electron chi connectivity index (χ4n) is 3.06. The van der Waals surface area contributed by atoms with Crippen molar-refractivity contribution in [3.63, 3.8) is 0 Å². The maximum atomic E-state index is 12.8. The molecule has 0 bridgehead atoms. The number of aryl methyl sites for hydroxylation is 1. The number of fused-ring (bicyclic) bond motifs is 1. The van der Waals surface area contributed by atoms with Gasteiger partial charge in [-0.05, 0) is 53.6 Å². The van der Waals surface area contributed by atoms with E-state index >= 15 is 0 Å². The highest BCUT2D eigenvalue weighted by Gasteiger charge is 2.20. The molecule has 0 heterocycles. The van der Waals surface area contributed by atoms with Crippen molar-refractivity contribution in [1.29, 1.82) is 0 Å². The number of rotatable bonds is 3. The predicted octanol–water partition coefficient (Wildman–Crippen LogP) is 5.76. The summed E-state index contributed by atoms with van der Waals surface area (Å²) >= 11 is 0. The topological polar surface area (TPSA) is 17.1 Å². The van der Waals surface area contributed by atoms with E-state index in [4.69, 9.17) is 0 Å². The summed E-state index contributed by atoms with van der Waals surface area (Å²) in [5.74, 6) is 0.569. The summed E-state index contributed by atoms with van der Waals surface area (Å²) in [6, 6.07) is 18.2. The SMILES string of the molecule is Cc1ccc(C(C)C)cc2c(C)c(C(=O)c3ccccc3)cc1-2. The number of benzene rings is 1. The molecule has 0 fully saturated rings. The average Bonchev–Trinajstić information content (AvgIpc) is 2.77. The summed E-state index contributed by atoms with van der Waals surface area (Å²) in [6.45, 7) is 8.57. The lowest BCUT2D eigenvalue weighted by Crippen LogP contribution is -2.00. The van der Waals surface area contributed by atoms with Crippen LogP contribution in [0.3, 0.4) is 0 Å². The molecule has 0 atom stereocenters. The van der Waals surface area contributed by atoms with Crippen LogP contribution in [0.15, 0.2) is 54.6 Å². The van der Waals surface area contributed by atoms with E-state index in [1.54, 1.807) is 0 Å². The molecule has 0 saturated heterocycles. The molecule has 2 aliphatic rings. The lowest BCUT2D eigenvalue weighted by atomic mass is 10.00. The largest absolute Gasteiger partial charge is 0.289 e. The molecule has 0 aromatic heterocycles. The quantitative estimate of drug-likeness (QED) is 0.562. The number of hydrogen-bond acceptors (Lipinski definition) is 1. The van der Waals surface area contributed by atoms with Crippen molar-refractivity contribution >= 4 is 5.78 Å². The van der Waals surface area contributed by atoms with Gasteiger partial charge in [0.2, 0.25) is 0 Å². The van der Waals surface area contributed by atoms with Crippen molar-refractivity contribution < 1.29 is 4.79 Å². The molecule has 3 rings (SSSR count). The highest BCUT2D eigenvalue weighted by Crippen LogP contribution is 2.36. The number of hydrogen-bond donors (Lipinski definition) is 0. The van der Waals surface area contributed by atoms with Crippen LogP contribution in [0.2, 0.25) is 0 Å². The van der Waals surface area contributed by atoms with Crippen LogP contribution in [-0.2, 0) is 0 Å². The summed E-state index contributed by atoms with van der Waals surface area (Å²) in [4.78, 5) is 12.8. The summed E-state index contributed by atoms with van der Waals surface area (Å²) in [7, 11) is 0. The Morgan fingerprint density at radius 2 is 1.57 bits per heavy atom. The fraction of sp³-hybridized carbons (Fsp3) is 0.227. The van der Waals surface area contributed by atoms with E-state index in [2.05, 4.69) is 52.0 Å². The maximum Gasteiger partial charge on any atom is 0.193 e. The van der Waals surface area contributed by atoms with E-state index in [-0.39, 0.29) is 5.78 Å². The molecule has 0 unspecified atom stereocenters. The van der Waals surface area contributed by atoms with Gasteiger partial charge in [0.1, 0.15) is 0 Å². The molecule has 1 aromatic rings. The molecule has 0 saturated carbocycles. The van der Waals surface area contributed by atoms with Crippen molar-refractivity contribution in [3.05, 3.63) is 82.4 Å². The minimum Gasteiger partial charge on any atom is -0.289 e. The van der Waals surface area contributed by atoms with Crippen LogP contribution in [-0.4, -0.2) is 5.78 Å². The van der Waals surface area contributed by atoms with Gasteiger partial charge in [0, 0.05) is 11.1 Å². The zero-order chi connectivity index (χ0) is 16.6. The molecule has 0 aliphatic heterocycles. The monoisotopic (exact) mass is 302 g/mol. The second kappa shape index (κ2) is 6.00. The van der Waals surface area contributed by atoms with Crippen molar-refractivity contribution in [2.45, 2.75) is 33.6 Å². The first-order chi connectivity index (χ1) is 11.0. The van der Waals surface area contributed by atoms with E-state index in [9.17, 15) is 4.79 Å². The fourth-order valence-corrected chi connectivity index (χ4v) is 3.06. The van der Waals surface area contributed by atoms with Crippen molar-refractivity contribution in [2.24, 2.45) is 0 Å². The maximum absolute atomic E-state index is 12.8. The number of carbonyl (C=O) groups is 1. The Bertz CT molecular complexity index is 828. The summed E-state index contributed by atoms with van der Waals surface area (Å²) in [5.41, 5.74) is 7.52. The highest BCUT2D eigenvalue weighted by molar-refractivity contribution is 6.12. The Balaban J connectivity index is 2.20. The minimum atomic E-state index is 0.104. The molecule has 1 heteroatoms. The first-order valence-corrected chi connectivity index (χ1v) is 8.12. The van der Waals surface area contributed by atoms with Crippen LogP contribution in [0, 0.1) is 13.8 Å². The van der Waals surface area contributed by atoms with E-state index in [1.807, 2.05) is 30.3 Å². The molecule has 2 aliphatic carbocycles. The third-order valence-corrected chi connectivity index (χ3v) is 4.60. The van der Waals surface area contributed by atoms with Gasteiger partial charge < -0.3 is 0 Å². The molecule has 0 radical (unpaired) electrons. The minimum absolute atomic E-state index is 0.104. The van der Waals surface area contributed by atoms with Gasteiger partial charge in [-0.1, -0.05) is 62.4 Å². The summed E-state index contributed by atoms with van der Waals surface area (Å²) in [5, 5.41) is 0. The molecule has 0 amide bonds. The Kier molecular flexibility index (Phi) is 4.04. The Hall–Kier alpha value is -2.41. The first-order valence-electron chi connectivity index (χ1n) is 8.12. The van der Waals surface area contributed by atoms with Gasteiger partial charge in [-0.3, -0.25) is 4.79 Å². The third kappa shape index (κ3) is 2.79. The Labute approximate surface area is 138 Å². The normalized spacial score (nSPS) is 11.2. The van der Waals surface area contributed by atoms with Crippen molar-refractivity contribution in [3.8, 4) is 11.1 Å². The molecule has 116 valence electrons. The van der Waals surface area contributed by atoms with Crippen LogP contribution in [0.25, 0.3) is 11.1 Å². The van der Waals surface area contributed by atoms with Crippen LogP contribution in [0.4, 0.5) is 0 Å². The standard InChI is InChI=1S/C22H22O/c1-14(2)18-11-10-15(3)19-13-21(16(4)20(19)12-18)22(23)17-8-6-5-7-9-17/h5-14H,1-4H3. The van der Waals surface area contributed by atoms with Crippen molar-refractivity contribution in [1.82, 2.24) is 0 Å². The Morgan fingerprint density at radius 3 is 2.22 bits per heavy atom. The second-order valence-corrected chi connectivity index (χ2v) is 6.52. The van der Waals surface area contributed by atoms with Gasteiger partial charge in [0.15, 0.2) is 5.78 Å². The molecule has 23 heavy (non-hydrogen) atoms. The molecular weight excluding hydrogens is 280 g/mol. The van der Waals surface area contributed by atoms with Crippen LogP contribution in [0.5, 0.6) is 0 Å². The second-order valence-electron chi connectivity index (χ2n) is 6.52. The van der Waals surface area contributed by atoms with Crippen LogP contribution >= 0.6 is 0 Å². The molecular formula is C22H22O. The highest BCUT2D eigenvalue weighted by atomic mass is 16.1. The van der Waals surface area contributed by atoms with Gasteiger partial charge in [-0.2, -0.15) is 0 Å². The van der Waals surface area contributed by atoms with Gasteiger partial charge in [0.25, 0.3) is 0 Å². The number of carbonyl (C=O) groups excluding carboxylic acids is 1. The first kappa shape index (κ1) is 15.5. The number of ketones is 1. The van der Waals surface area contributed by atoms with E-state index in [0.29, 0.717) is 5.92 Å².